The van der Waals surface area contributed by atoms with Crippen LogP contribution in [0.5, 0.6) is 5.75 Å². The van der Waals surface area contributed by atoms with Gasteiger partial charge in [-0.3, -0.25) is 4.98 Å². The highest BCUT2D eigenvalue weighted by Gasteiger charge is 2.04. The SMILES string of the molecule is CCC(CC)COc1ccc(CNCCOC)nc1. The van der Waals surface area contributed by atoms with Gasteiger partial charge in [0.15, 0.2) is 0 Å². The molecule has 0 saturated carbocycles. The number of pyridine rings is 1. The molecule has 4 heteroatoms. The Hall–Kier alpha value is -1.13. The van der Waals surface area contributed by atoms with Crippen LogP contribution in [0.2, 0.25) is 0 Å². The molecule has 0 aliphatic carbocycles. The minimum atomic E-state index is 0.635. The van der Waals surface area contributed by atoms with E-state index in [-0.39, 0.29) is 0 Å². The molecule has 0 atom stereocenters. The largest absolute Gasteiger partial charge is 0.492 e. The number of ether oxygens (including phenoxy) is 2. The number of methoxy groups -OCH3 is 1. The number of nitrogens with one attached hydrogen (secondary N) is 1. The molecule has 0 aliphatic rings. The lowest BCUT2D eigenvalue weighted by molar-refractivity contribution is 0.199. The number of aromatic nitrogens is 1. The number of hydrogen-bond donors (Lipinski definition) is 1. The summed E-state index contributed by atoms with van der Waals surface area (Å²) in [5.41, 5.74) is 1.02. The summed E-state index contributed by atoms with van der Waals surface area (Å²) in [6, 6.07) is 3.99. The van der Waals surface area contributed by atoms with Crippen molar-refractivity contribution in [2.45, 2.75) is 33.2 Å². The van der Waals surface area contributed by atoms with Crippen LogP contribution in [0.25, 0.3) is 0 Å². The summed E-state index contributed by atoms with van der Waals surface area (Å²) in [7, 11) is 1.70. The van der Waals surface area contributed by atoms with Crippen LogP contribution >= 0.6 is 0 Å². The van der Waals surface area contributed by atoms with Crippen LogP contribution in [0.4, 0.5) is 0 Å². The number of hydrogen-bond acceptors (Lipinski definition) is 4. The molecule has 19 heavy (non-hydrogen) atoms. The molecule has 0 saturated heterocycles. The van der Waals surface area contributed by atoms with E-state index in [0.717, 1.165) is 50.6 Å². The van der Waals surface area contributed by atoms with Crippen molar-refractivity contribution in [2.24, 2.45) is 5.92 Å². The van der Waals surface area contributed by atoms with E-state index in [2.05, 4.69) is 24.1 Å². The highest BCUT2D eigenvalue weighted by atomic mass is 16.5. The molecule has 108 valence electrons. The molecule has 0 radical (unpaired) electrons. The lowest BCUT2D eigenvalue weighted by Gasteiger charge is -2.13. The smallest absolute Gasteiger partial charge is 0.137 e. The van der Waals surface area contributed by atoms with Crippen molar-refractivity contribution >= 4 is 0 Å². The lowest BCUT2D eigenvalue weighted by Crippen LogP contribution is -2.19. The Labute approximate surface area is 116 Å². The standard InChI is InChI=1S/C15H26N2O2/c1-4-13(5-2)12-19-15-7-6-14(17-11-15)10-16-8-9-18-3/h6-7,11,13,16H,4-5,8-10,12H2,1-3H3. The fraction of sp³-hybridized carbons (Fsp3) is 0.667. The monoisotopic (exact) mass is 266 g/mol. The molecule has 0 amide bonds. The van der Waals surface area contributed by atoms with E-state index >= 15 is 0 Å². The zero-order valence-electron chi connectivity index (χ0n) is 12.3. The van der Waals surface area contributed by atoms with Crippen LogP contribution in [0.15, 0.2) is 18.3 Å². The number of rotatable bonds is 10. The average molecular weight is 266 g/mol. The van der Waals surface area contributed by atoms with Crippen LogP contribution < -0.4 is 10.1 Å². The van der Waals surface area contributed by atoms with E-state index in [4.69, 9.17) is 9.47 Å². The van der Waals surface area contributed by atoms with Crippen LogP contribution in [0, 0.1) is 5.92 Å². The highest BCUT2D eigenvalue weighted by Crippen LogP contribution is 2.13. The van der Waals surface area contributed by atoms with E-state index < -0.39 is 0 Å². The van der Waals surface area contributed by atoms with Crippen LogP contribution in [-0.4, -0.2) is 31.9 Å². The first-order valence-electron chi connectivity index (χ1n) is 7.07. The Morgan fingerprint density at radius 2 is 2.05 bits per heavy atom. The first-order chi connectivity index (χ1) is 9.30. The summed E-state index contributed by atoms with van der Waals surface area (Å²) < 4.78 is 10.7. The second-order valence-electron chi connectivity index (χ2n) is 4.65. The minimum absolute atomic E-state index is 0.635. The quantitative estimate of drug-likeness (QED) is 0.661. The van der Waals surface area contributed by atoms with Gasteiger partial charge >= 0.3 is 0 Å². The van der Waals surface area contributed by atoms with Crippen molar-refractivity contribution in [1.82, 2.24) is 10.3 Å². The van der Waals surface area contributed by atoms with Crippen molar-refractivity contribution in [3.05, 3.63) is 24.0 Å². The van der Waals surface area contributed by atoms with Crippen LogP contribution in [-0.2, 0) is 11.3 Å². The lowest BCUT2D eigenvalue weighted by atomic mass is 10.1. The molecule has 0 aliphatic heterocycles. The second-order valence-corrected chi connectivity index (χ2v) is 4.65. The van der Waals surface area contributed by atoms with Gasteiger partial charge in [0.05, 0.1) is 25.1 Å². The Bertz CT molecular complexity index is 323. The van der Waals surface area contributed by atoms with Crippen LogP contribution in [0.3, 0.4) is 0 Å². The molecule has 0 fully saturated rings. The van der Waals surface area contributed by atoms with Gasteiger partial charge in [0.1, 0.15) is 5.75 Å². The summed E-state index contributed by atoms with van der Waals surface area (Å²) in [5, 5.41) is 3.26. The fourth-order valence-electron chi connectivity index (χ4n) is 1.73. The van der Waals surface area contributed by atoms with Crippen molar-refractivity contribution in [2.75, 3.05) is 26.9 Å². The second kappa shape index (κ2) is 9.75. The molecule has 1 aromatic heterocycles. The third kappa shape index (κ3) is 6.55. The van der Waals surface area contributed by atoms with Crippen molar-refractivity contribution in [1.29, 1.82) is 0 Å². The molecule has 1 rings (SSSR count). The van der Waals surface area contributed by atoms with E-state index in [0.29, 0.717) is 5.92 Å². The zero-order valence-corrected chi connectivity index (χ0v) is 12.3. The highest BCUT2D eigenvalue weighted by molar-refractivity contribution is 5.19. The van der Waals surface area contributed by atoms with Gasteiger partial charge in [-0.15, -0.1) is 0 Å². The Morgan fingerprint density at radius 3 is 2.63 bits per heavy atom. The normalized spacial score (nSPS) is 10.9. The summed E-state index contributed by atoms with van der Waals surface area (Å²) in [6.45, 7) is 7.49. The molecule has 0 aromatic carbocycles. The molecule has 1 aromatic rings. The van der Waals surface area contributed by atoms with Crippen LogP contribution in [0.1, 0.15) is 32.4 Å². The third-order valence-electron chi connectivity index (χ3n) is 3.23. The van der Waals surface area contributed by atoms with E-state index in [1.165, 1.54) is 0 Å². The number of nitrogens with zero attached hydrogens (tertiary/aromatic N) is 1. The predicted molar refractivity (Wildman–Crippen MR) is 77.4 cm³/mol. The summed E-state index contributed by atoms with van der Waals surface area (Å²) in [6.07, 6.45) is 4.12. The Morgan fingerprint density at radius 1 is 1.26 bits per heavy atom. The fourth-order valence-corrected chi connectivity index (χ4v) is 1.73. The maximum absolute atomic E-state index is 5.75. The Kier molecular flexibility index (Phi) is 8.18. The molecule has 1 N–H and O–H groups in total. The minimum Gasteiger partial charge on any atom is -0.492 e. The van der Waals surface area contributed by atoms with Gasteiger partial charge in [-0.1, -0.05) is 26.7 Å². The topological polar surface area (TPSA) is 43.4 Å². The van der Waals surface area contributed by atoms with Crippen molar-refractivity contribution in [3.63, 3.8) is 0 Å². The first kappa shape index (κ1) is 15.9. The van der Waals surface area contributed by atoms with E-state index in [1.807, 2.05) is 12.1 Å². The zero-order chi connectivity index (χ0) is 13.9. The van der Waals surface area contributed by atoms with E-state index in [9.17, 15) is 0 Å². The maximum Gasteiger partial charge on any atom is 0.137 e. The van der Waals surface area contributed by atoms with Gasteiger partial charge in [-0.05, 0) is 18.1 Å². The summed E-state index contributed by atoms with van der Waals surface area (Å²) in [5.74, 6) is 1.49. The molecule has 1 heterocycles. The molecular weight excluding hydrogens is 240 g/mol. The average Bonchev–Trinajstić information content (AvgIpc) is 2.46. The van der Waals surface area contributed by atoms with Crippen molar-refractivity contribution in [3.8, 4) is 5.75 Å². The van der Waals surface area contributed by atoms with Gasteiger partial charge in [0, 0.05) is 20.2 Å². The third-order valence-corrected chi connectivity index (χ3v) is 3.23. The Balaban J connectivity index is 2.30. The molecule has 4 nitrogen and oxygen atoms in total. The molecule has 0 spiro atoms. The maximum atomic E-state index is 5.75. The van der Waals surface area contributed by atoms with Gasteiger partial charge in [-0.25, -0.2) is 0 Å². The predicted octanol–water partition coefficient (Wildman–Crippen LogP) is 2.63. The van der Waals surface area contributed by atoms with Gasteiger partial charge in [0.2, 0.25) is 0 Å². The van der Waals surface area contributed by atoms with Gasteiger partial charge < -0.3 is 14.8 Å². The van der Waals surface area contributed by atoms with Gasteiger partial charge in [-0.2, -0.15) is 0 Å². The van der Waals surface area contributed by atoms with Crippen molar-refractivity contribution < 1.29 is 9.47 Å². The summed E-state index contributed by atoms with van der Waals surface area (Å²) in [4.78, 5) is 4.38. The van der Waals surface area contributed by atoms with Gasteiger partial charge in [0.25, 0.3) is 0 Å². The summed E-state index contributed by atoms with van der Waals surface area (Å²) >= 11 is 0. The van der Waals surface area contributed by atoms with E-state index in [1.54, 1.807) is 13.3 Å². The first-order valence-corrected chi connectivity index (χ1v) is 7.07. The molecule has 0 unspecified atom stereocenters. The molecular formula is C15H26N2O2. The molecule has 0 bridgehead atoms.